The lowest BCUT2D eigenvalue weighted by atomic mass is 9.60. The minimum Gasteiger partial charge on any atom is -0.393 e. The molecule has 0 saturated heterocycles. The Labute approximate surface area is 188 Å². The molecule has 3 aliphatic rings. The van der Waals surface area contributed by atoms with Gasteiger partial charge in [-0.15, -0.1) is 0 Å². The van der Waals surface area contributed by atoms with Crippen LogP contribution in [0.3, 0.4) is 0 Å². The van der Waals surface area contributed by atoms with Crippen molar-refractivity contribution in [1.82, 2.24) is 0 Å². The van der Waals surface area contributed by atoms with Crippen LogP contribution in [-0.2, 0) is 0 Å². The van der Waals surface area contributed by atoms with E-state index in [2.05, 4.69) is 32.6 Å². The third kappa shape index (κ3) is 5.35. The number of aliphatic hydroxyl groups is 4. The predicted molar refractivity (Wildman–Crippen MR) is 125 cm³/mol. The van der Waals surface area contributed by atoms with Crippen molar-refractivity contribution in [3.8, 4) is 0 Å². The van der Waals surface area contributed by atoms with E-state index < -0.39 is 23.9 Å². The summed E-state index contributed by atoms with van der Waals surface area (Å²) in [5, 5.41) is 40.5. The lowest BCUT2D eigenvalue weighted by molar-refractivity contribution is -0.0554. The molecule has 31 heavy (non-hydrogen) atoms. The van der Waals surface area contributed by atoms with Crippen molar-refractivity contribution in [2.24, 2.45) is 23.2 Å². The van der Waals surface area contributed by atoms with E-state index >= 15 is 0 Å². The van der Waals surface area contributed by atoms with E-state index in [1.165, 1.54) is 31.3 Å². The lowest BCUT2D eigenvalue weighted by Gasteiger charge is -2.44. The Morgan fingerprint density at radius 2 is 1.90 bits per heavy atom. The molecule has 3 fully saturated rings. The van der Waals surface area contributed by atoms with Gasteiger partial charge in [0.2, 0.25) is 0 Å². The number of aliphatic hydroxyl groups excluding tert-OH is 3. The third-order valence-electron chi connectivity index (χ3n) is 8.70. The summed E-state index contributed by atoms with van der Waals surface area (Å²) in [5.41, 5.74) is 2.48. The van der Waals surface area contributed by atoms with Gasteiger partial charge in [0.15, 0.2) is 0 Å². The summed E-state index contributed by atoms with van der Waals surface area (Å²) in [4.78, 5) is 0. The van der Waals surface area contributed by atoms with Crippen molar-refractivity contribution in [1.29, 1.82) is 0 Å². The Morgan fingerprint density at radius 1 is 1.19 bits per heavy atom. The highest BCUT2D eigenvalue weighted by atomic mass is 16.3. The van der Waals surface area contributed by atoms with E-state index in [-0.39, 0.29) is 5.41 Å². The molecule has 0 aliphatic heterocycles. The predicted octanol–water partition coefficient (Wildman–Crippen LogP) is 4.68. The van der Waals surface area contributed by atoms with Crippen LogP contribution in [0.5, 0.6) is 0 Å². The molecule has 4 nitrogen and oxygen atoms in total. The molecule has 0 bridgehead atoms. The molecular weight excluding hydrogens is 388 g/mol. The van der Waals surface area contributed by atoms with Crippen molar-refractivity contribution < 1.29 is 20.4 Å². The Hall–Kier alpha value is -0.940. The maximum absolute atomic E-state index is 10.3. The van der Waals surface area contributed by atoms with E-state index in [0.717, 1.165) is 24.0 Å². The Bertz CT molecular complexity index is 715. The molecule has 0 aromatic heterocycles. The van der Waals surface area contributed by atoms with Crippen LogP contribution in [0.2, 0.25) is 0 Å². The van der Waals surface area contributed by atoms with Gasteiger partial charge in [-0.1, -0.05) is 38.2 Å². The van der Waals surface area contributed by atoms with E-state index in [9.17, 15) is 20.4 Å². The van der Waals surface area contributed by atoms with Gasteiger partial charge < -0.3 is 20.4 Å². The van der Waals surface area contributed by atoms with Crippen LogP contribution >= 0.6 is 0 Å². The van der Waals surface area contributed by atoms with Crippen molar-refractivity contribution in [2.75, 3.05) is 0 Å². The molecular formula is C27H44O4. The van der Waals surface area contributed by atoms with E-state index in [0.29, 0.717) is 37.0 Å². The molecule has 3 rings (SSSR count). The molecule has 4 N–H and O–H groups in total. The van der Waals surface area contributed by atoms with Crippen molar-refractivity contribution >= 4 is 0 Å². The molecule has 7 atom stereocenters. The van der Waals surface area contributed by atoms with Gasteiger partial charge in [-0.3, -0.25) is 0 Å². The number of allylic oxidation sites excluding steroid dienone is 3. The van der Waals surface area contributed by atoms with Crippen LogP contribution in [-0.4, -0.2) is 44.3 Å². The van der Waals surface area contributed by atoms with Crippen LogP contribution < -0.4 is 0 Å². The minimum absolute atomic E-state index is 0.282. The standard InChI is InChI=1S/C27H44O4/c1-17(8-13-25(30)26(3,4)31)22-11-12-23-19(7-6-14-27(22,23)5)9-10-20-15-21(28)16-24(29)18(20)2/h9-10,17,21-25,28-31H,2,6-8,11-16H2,1,3-5H3/b19-9+,20-10-/t17-,21+,22-,23+,24?,25?,27-/m1/s1. The van der Waals surface area contributed by atoms with E-state index in [4.69, 9.17) is 0 Å². The average molecular weight is 433 g/mol. The van der Waals surface area contributed by atoms with Crippen LogP contribution in [0.1, 0.15) is 85.5 Å². The van der Waals surface area contributed by atoms with Crippen LogP contribution in [0.4, 0.5) is 0 Å². The first-order valence-corrected chi connectivity index (χ1v) is 12.3. The molecule has 0 heterocycles. The molecule has 0 radical (unpaired) electrons. The molecule has 3 saturated carbocycles. The number of rotatable bonds is 6. The van der Waals surface area contributed by atoms with Gasteiger partial charge in [-0.2, -0.15) is 0 Å². The molecule has 3 aliphatic carbocycles. The van der Waals surface area contributed by atoms with Crippen LogP contribution in [0.25, 0.3) is 0 Å². The van der Waals surface area contributed by atoms with Gasteiger partial charge in [0.05, 0.1) is 23.9 Å². The molecule has 4 heteroatoms. The SMILES string of the molecule is C=C1/C(=C\C=C2/CCC[C@]3(C)[C@@H]([C@H](C)CCC(O)C(C)(C)O)CC[C@@H]23)C[C@H](O)CC1O. The molecule has 0 amide bonds. The minimum atomic E-state index is -1.04. The molecule has 2 unspecified atom stereocenters. The van der Waals surface area contributed by atoms with Crippen molar-refractivity contribution in [2.45, 2.75) is 109 Å². The maximum Gasteiger partial charge on any atom is 0.0849 e. The highest BCUT2D eigenvalue weighted by Gasteiger charge is 2.50. The summed E-state index contributed by atoms with van der Waals surface area (Å²) in [6.07, 6.45) is 11.1. The quantitative estimate of drug-likeness (QED) is 0.491. The lowest BCUT2D eigenvalue weighted by Crippen LogP contribution is -2.38. The average Bonchev–Trinajstić information content (AvgIpc) is 3.04. The fraction of sp³-hybridized carbons (Fsp3) is 0.778. The molecule has 0 aromatic rings. The summed E-state index contributed by atoms with van der Waals surface area (Å²) >= 11 is 0. The Morgan fingerprint density at radius 3 is 2.58 bits per heavy atom. The van der Waals surface area contributed by atoms with Crippen molar-refractivity contribution in [3.63, 3.8) is 0 Å². The Balaban J connectivity index is 1.71. The topological polar surface area (TPSA) is 80.9 Å². The second-order valence-electron chi connectivity index (χ2n) is 11.4. The van der Waals surface area contributed by atoms with Crippen LogP contribution in [0.15, 0.2) is 35.5 Å². The summed E-state index contributed by atoms with van der Waals surface area (Å²) in [6.45, 7) is 12.2. The zero-order valence-electron chi connectivity index (χ0n) is 20.0. The fourth-order valence-electron chi connectivity index (χ4n) is 6.65. The highest BCUT2D eigenvalue weighted by Crippen LogP contribution is 2.60. The normalized spacial score (nSPS) is 39.0. The summed E-state index contributed by atoms with van der Waals surface area (Å²) < 4.78 is 0. The largest absolute Gasteiger partial charge is 0.393 e. The molecule has 0 aromatic carbocycles. The monoisotopic (exact) mass is 432 g/mol. The summed E-state index contributed by atoms with van der Waals surface area (Å²) in [7, 11) is 0. The van der Waals surface area contributed by atoms with Gasteiger partial charge in [0.25, 0.3) is 0 Å². The van der Waals surface area contributed by atoms with Gasteiger partial charge in [-0.05, 0) is 99.5 Å². The van der Waals surface area contributed by atoms with Gasteiger partial charge in [0, 0.05) is 6.42 Å². The highest BCUT2D eigenvalue weighted by molar-refractivity contribution is 5.38. The first-order valence-electron chi connectivity index (χ1n) is 12.3. The fourth-order valence-corrected chi connectivity index (χ4v) is 6.65. The van der Waals surface area contributed by atoms with Crippen molar-refractivity contribution in [3.05, 3.63) is 35.5 Å². The van der Waals surface area contributed by atoms with Crippen LogP contribution in [0, 0.1) is 23.2 Å². The number of fused-ring (bicyclic) bond motifs is 1. The van der Waals surface area contributed by atoms with Gasteiger partial charge in [-0.25, -0.2) is 0 Å². The van der Waals surface area contributed by atoms with E-state index in [1.807, 2.05) is 0 Å². The maximum atomic E-state index is 10.3. The number of hydrogen-bond donors (Lipinski definition) is 4. The zero-order chi connectivity index (χ0) is 23.0. The van der Waals surface area contributed by atoms with Gasteiger partial charge >= 0.3 is 0 Å². The number of hydrogen-bond acceptors (Lipinski definition) is 4. The first kappa shape index (κ1) is 24.7. The second kappa shape index (κ2) is 9.51. The second-order valence-corrected chi connectivity index (χ2v) is 11.4. The zero-order valence-corrected chi connectivity index (χ0v) is 20.0. The molecule has 0 spiro atoms. The smallest absolute Gasteiger partial charge is 0.0849 e. The van der Waals surface area contributed by atoms with E-state index in [1.54, 1.807) is 13.8 Å². The third-order valence-corrected chi connectivity index (χ3v) is 8.70. The summed E-state index contributed by atoms with van der Waals surface area (Å²) in [5.74, 6) is 1.74. The Kier molecular flexibility index (Phi) is 7.57. The molecule has 176 valence electrons. The van der Waals surface area contributed by atoms with Gasteiger partial charge in [0.1, 0.15) is 0 Å². The summed E-state index contributed by atoms with van der Waals surface area (Å²) in [6, 6.07) is 0. The first-order chi connectivity index (χ1) is 14.4.